The number of hydrogen-bond acceptors (Lipinski definition) is 3. The van der Waals surface area contributed by atoms with Gasteiger partial charge in [0.1, 0.15) is 0 Å². The van der Waals surface area contributed by atoms with E-state index in [0.29, 0.717) is 6.42 Å². The first-order chi connectivity index (χ1) is 9.20. The quantitative estimate of drug-likeness (QED) is 0.778. The zero-order valence-corrected chi connectivity index (χ0v) is 11.4. The van der Waals surface area contributed by atoms with E-state index in [4.69, 9.17) is 0 Å². The fourth-order valence-electron chi connectivity index (χ4n) is 2.43. The van der Waals surface area contributed by atoms with E-state index < -0.39 is 6.10 Å². The summed E-state index contributed by atoms with van der Waals surface area (Å²) in [5.41, 5.74) is 1.70. The van der Waals surface area contributed by atoms with Crippen molar-refractivity contribution in [3.05, 3.63) is 29.8 Å². The largest absolute Gasteiger partial charge is 0.388 e. The predicted octanol–water partition coefficient (Wildman–Crippen LogP) is 2.07. The summed E-state index contributed by atoms with van der Waals surface area (Å²) in [5, 5.41) is 16.5. The van der Waals surface area contributed by atoms with Crippen LogP contribution in [0.3, 0.4) is 0 Å². The Balaban J connectivity index is 1.98. The molecule has 1 heterocycles. The zero-order valence-electron chi connectivity index (χ0n) is 11.4. The van der Waals surface area contributed by atoms with Crippen LogP contribution in [0.5, 0.6) is 0 Å². The van der Waals surface area contributed by atoms with Crippen LogP contribution in [0.15, 0.2) is 24.3 Å². The summed E-state index contributed by atoms with van der Waals surface area (Å²) in [6.45, 7) is 3.74. The Kier molecular flexibility index (Phi) is 4.93. The van der Waals surface area contributed by atoms with Crippen LogP contribution in [0.1, 0.15) is 37.9 Å². The summed E-state index contributed by atoms with van der Waals surface area (Å²) in [4.78, 5) is 11.3. The van der Waals surface area contributed by atoms with Gasteiger partial charge in [-0.15, -0.1) is 0 Å². The van der Waals surface area contributed by atoms with Gasteiger partial charge >= 0.3 is 0 Å². The first-order valence-corrected chi connectivity index (χ1v) is 6.99. The van der Waals surface area contributed by atoms with E-state index in [1.54, 1.807) is 0 Å². The van der Waals surface area contributed by atoms with Gasteiger partial charge in [-0.05, 0) is 37.1 Å². The molecule has 3 N–H and O–H groups in total. The maximum absolute atomic E-state index is 11.3. The van der Waals surface area contributed by atoms with Gasteiger partial charge in [-0.1, -0.05) is 19.1 Å². The van der Waals surface area contributed by atoms with Crippen LogP contribution >= 0.6 is 0 Å². The van der Waals surface area contributed by atoms with Crippen molar-refractivity contribution in [2.24, 2.45) is 5.92 Å². The number of rotatable bonds is 4. The SMILES string of the molecule is CCC(=O)Nc1ccc(C(O)C2CCCNC2)cc1. The molecule has 0 spiro atoms. The molecule has 0 aromatic heterocycles. The Hall–Kier alpha value is -1.39. The van der Waals surface area contributed by atoms with Gasteiger partial charge in [-0.3, -0.25) is 4.79 Å². The third-order valence-electron chi connectivity index (χ3n) is 3.64. The molecule has 1 aromatic carbocycles. The monoisotopic (exact) mass is 262 g/mol. The minimum Gasteiger partial charge on any atom is -0.388 e. The average Bonchev–Trinajstić information content (AvgIpc) is 2.48. The van der Waals surface area contributed by atoms with Crippen LogP contribution in [0.4, 0.5) is 5.69 Å². The van der Waals surface area contributed by atoms with E-state index in [1.807, 2.05) is 31.2 Å². The molecule has 1 aliphatic rings. The summed E-state index contributed by atoms with van der Waals surface area (Å²) >= 11 is 0. The lowest BCUT2D eigenvalue weighted by molar-refractivity contribution is -0.115. The van der Waals surface area contributed by atoms with Crippen LogP contribution in [0.25, 0.3) is 0 Å². The fourth-order valence-corrected chi connectivity index (χ4v) is 2.43. The van der Waals surface area contributed by atoms with Gasteiger partial charge in [0.2, 0.25) is 5.91 Å². The summed E-state index contributed by atoms with van der Waals surface area (Å²) in [5.74, 6) is 0.287. The molecule has 1 amide bonds. The van der Waals surface area contributed by atoms with Crippen molar-refractivity contribution in [1.29, 1.82) is 0 Å². The number of piperidine rings is 1. The Morgan fingerprint density at radius 1 is 1.47 bits per heavy atom. The zero-order chi connectivity index (χ0) is 13.7. The Labute approximate surface area is 114 Å². The van der Waals surface area contributed by atoms with Gasteiger partial charge < -0.3 is 15.7 Å². The molecule has 0 aliphatic carbocycles. The first kappa shape index (κ1) is 14.0. The molecule has 1 aromatic rings. The number of carbonyl (C=O) groups excluding carboxylic acids is 1. The van der Waals surface area contributed by atoms with Gasteiger partial charge in [0.15, 0.2) is 0 Å². The van der Waals surface area contributed by atoms with E-state index in [-0.39, 0.29) is 11.8 Å². The molecule has 1 saturated heterocycles. The second-order valence-electron chi connectivity index (χ2n) is 5.08. The number of aliphatic hydroxyl groups is 1. The van der Waals surface area contributed by atoms with Gasteiger partial charge in [0.25, 0.3) is 0 Å². The summed E-state index contributed by atoms with van der Waals surface area (Å²) in [6, 6.07) is 7.49. The van der Waals surface area contributed by atoms with Crippen molar-refractivity contribution < 1.29 is 9.90 Å². The van der Waals surface area contributed by atoms with Crippen molar-refractivity contribution in [3.63, 3.8) is 0 Å². The molecular weight excluding hydrogens is 240 g/mol. The van der Waals surface area contributed by atoms with E-state index in [0.717, 1.165) is 37.2 Å². The lowest BCUT2D eigenvalue weighted by Crippen LogP contribution is -2.33. The molecule has 2 unspecified atom stereocenters. The third-order valence-corrected chi connectivity index (χ3v) is 3.64. The van der Waals surface area contributed by atoms with Crippen LogP contribution in [-0.4, -0.2) is 24.1 Å². The highest BCUT2D eigenvalue weighted by Crippen LogP contribution is 2.27. The smallest absolute Gasteiger partial charge is 0.224 e. The van der Waals surface area contributed by atoms with E-state index >= 15 is 0 Å². The Morgan fingerprint density at radius 2 is 2.21 bits per heavy atom. The number of amides is 1. The van der Waals surface area contributed by atoms with Crippen molar-refractivity contribution in [2.45, 2.75) is 32.3 Å². The standard InChI is InChI=1S/C15H22N2O2/c1-2-14(18)17-13-7-5-11(6-8-13)15(19)12-4-3-9-16-10-12/h5-8,12,15-16,19H,2-4,9-10H2,1H3,(H,17,18). The van der Waals surface area contributed by atoms with Crippen LogP contribution in [0, 0.1) is 5.92 Å². The Bertz CT molecular complexity index is 411. The molecule has 0 saturated carbocycles. The van der Waals surface area contributed by atoms with Crippen molar-refractivity contribution in [1.82, 2.24) is 5.32 Å². The van der Waals surface area contributed by atoms with Crippen molar-refractivity contribution in [3.8, 4) is 0 Å². The predicted molar refractivity (Wildman–Crippen MR) is 75.9 cm³/mol. The van der Waals surface area contributed by atoms with Gasteiger partial charge in [0.05, 0.1) is 6.10 Å². The molecule has 2 atom stereocenters. The van der Waals surface area contributed by atoms with E-state index in [1.165, 1.54) is 0 Å². The first-order valence-electron chi connectivity index (χ1n) is 6.99. The third kappa shape index (κ3) is 3.78. The number of hydrogen-bond donors (Lipinski definition) is 3. The molecule has 1 fully saturated rings. The highest BCUT2D eigenvalue weighted by atomic mass is 16.3. The molecule has 4 nitrogen and oxygen atoms in total. The van der Waals surface area contributed by atoms with E-state index in [2.05, 4.69) is 10.6 Å². The van der Waals surface area contributed by atoms with Crippen molar-refractivity contribution >= 4 is 11.6 Å². The molecule has 104 valence electrons. The number of anilines is 1. The van der Waals surface area contributed by atoms with Gasteiger partial charge in [-0.25, -0.2) is 0 Å². The number of aliphatic hydroxyl groups excluding tert-OH is 1. The van der Waals surface area contributed by atoms with Gasteiger partial charge in [-0.2, -0.15) is 0 Å². The molecule has 1 aliphatic heterocycles. The average molecular weight is 262 g/mol. The molecule has 0 radical (unpaired) electrons. The fraction of sp³-hybridized carbons (Fsp3) is 0.533. The highest BCUT2D eigenvalue weighted by Gasteiger charge is 2.22. The highest BCUT2D eigenvalue weighted by molar-refractivity contribution is 5.90. The number of nitrogens with one attached hydrogen (secondary N) is 2. The van der Waals surface area contributed by atoms with Crippen LogP contribution in [-0.2, 0) is 4.79 Å². The summed E-state index contributed by atoms with van der Waals surface area (Å²) < 4.78 is 0. The lowest BCUT2D eigenvalue weighted by atomic mass is 9.89. The minimum atomic E-state index is -0.427. The maximum Gasteiger partial charge on any atom is 0.224 e. The summed E-state index contributed by atoms with van der Waals surface area (Å²) in [7, 11) is 0. The van der Waals surface area contributed by atoms with E-state index in [9.17, 15) is 9.90 Å². The van der Waals surface area contributed by atoms with Crippen molar-refractivity contribution in [2.75, 3.05) is 18.4 Å². The number of carbonyl (C=O) groups is 1. The topological polar surface area (TPSA) is 61.4 Å². The number of benzene rings is 1. The molecule has 19 heavy (non-hydrogen) atoms. The second kappa shape index (κ2) is 6.68. The van der Waals surface area contributed by atoms with Crippen LogP contribution < -0.4 is 10.6 Å². The lowest BCUT2D eigenvalue weighted by Gasteiger charge is -2.27. The normalized spacial score (nSPS) is 20.8. The van der Waals surface area contributed by atoms with Crippen LogP contribution in [0.2, 0.25) is 0 Å². The second-order valence-corrected chi connectivity index (χ2v) is 5.08. The van der Waals surface area contributed by atoms with Gasteiger partial charge in [0, 0.05) is 24.6 Å². The summed E-state index contributed by atoms with van der Waals surface area (Å²) in [6.07, 6.45) is 2.22. The molecule has 0 bridgehead atoms. The Morgan fingerprint density at radius 3 is 2.79 bits per heavy atom. The molecule has 4 heteroatoms. The molecule has 2 rings (SSSR count). The molecular formula is C15H22N2O2. The maximum atomic E-state index is 11.3. The minimum absolute atomic E-state index is 0.00442.